The molecule has 3 atom stereocenters. The number of rotatable bonds is 9. The number of urea groups is 1. The quantitative estimate of drug-likeness (QED) is 0.542. The van der Waals surface area contributed by atoms with Crippen molar-refractivity contribution in [2.24, 2.45) is 5.92 Å². The van der Waals surface area contributed by atoms with E-state index >= 15 is 0 Å². The maximum atomic E-state index is 12.6. The molecule has 134 valence electrons. The van der Waals surface area contributed by atoms with Gasteiger partial charge in [0.05, 0.1) is 19.8 Å². The molecule has 1 saturated carbocycles. The molecular weight excluding hydrogens is 314 g/mol. The lowest BCUT2D eigenvalue weighted by atomic mass is 10.0. The molecule has 8 heteroatoms. The number of carbonyl (C=O) groups excluding carboxylic acids is 1. The van der Waals surface area contributed by atoms with Gasteiger partial charge in [0, 0.05) is 12.8 Å². The third-order valence-electron chi connectivity index (χ3n) is 4.60. The second-order valence-electron chi connectivity index (χ2n) is 7.19. The largest absolute Gasteiger partial charge is 0.480 e. The highest BCUT2D eigenvalue weighted by molar-refractivity contribution is 5.79. The summed E-state index contributed by atoms with van der Waals surface area (Å²) in [6, 6.07) is -2.00. The average Bonchev–Trinajstić information content (AvgIpc) is 3.28. The van der Waals surface area contributed by atoms with Crippen LogP contribution in [-0.4, -0.2) is 69.3 Å². The second-order valence-corrected chi connectivity index (χ2v) is 7.19. The van der Waals surface area contributed by atoms with Gasteiger partial charge in [-0.1, -0.05) is 13.8 Å². The van der Waals surface area contributed by atoms with Crippen LogP contribution in [0.4, 0.5) is 4.79 Å². The van der Waals surface area contributed by atoms with Gasteiger partial charge in [-0.05, 0) is 12.3 Å². The highest BCUT2D eigenvalue weighted by atomic mass is 16.4. The fourth-order valence-corrected chi connectivity index (χ4v) is 3.00. The normalized spacial score (nSPS) is 26.0. The van der Waals surface area contributed by atoms with E-state index < -0.39 is 24.0 Å². The topological polar surface area (TPSA) is 107 Å². The van der Waals surface area contributed by atoms with Crippen LogP contribution in [0, 0.1) is 5.92 Å². The number of quaternary nitrogens is 1. The maximum absolute atomic E-state index is 12.6. The first kappa shape index (κ1) is 18.4. The van der Waals surface area contributed by atoms with Gasteiger partial charge in [-0.2, -0.15) is 0 Å². The minimum Gasteiger partial charge on any atom is -0.480 e. The smallest absolute Gasteiger partial charge is 0.428 e. The summed E-state index contributed by atoms with van der Waals surface area (Å²) in [5.41, 5.74) is 0. The molecule has 0 bridgehead atoms. The van der Waals surface area contributed by atoms with Crippen molar-refractivity contribution in [1.82, 2.24) is 10.2 Å². The SMILES string of the molecule is CC(C)CC(NC(CN1C=C[N+](C)(C2CC2)C1=O)C(=O)O)C(=O)O. The zero-order chi connectivity index (χ0) is 18.1. The van der Waals surface area contributed by atoms with E-state index in [2.05, 4.69) is 5.32 Å². The summed E-state index contributed by atoms with van der Waals surface area (Å²) < 4.78 is 0.167. The van der Waals surface area contributed by atoms with Crippen molar-refractivity contribution in [2.75, 3.05) is 13.6 Å². The van der Waals surface area contributed by atoms with Gasteiger partial charge in [0.15, 0.2) is 0 Å². The van der Waals surface area contributed by atoms with Crippen molar-refractivity contribution >= 4 is 18.0 Å². The molecule has 2 amide bonds. The van der Waals surface area contributed by atoms with E-state index in [1.807, 2.05) is 20.9 Å². The number of carbonyl (C=O) groups is 3. The Kier molecular flexibility index (Phi) is 5.29. The number of hydrogen-bond donors (Lipinski definition) is 3. The summed E-state index contributed by atoms with van der Waals surface area (Å²) >= 11 is 0. The Hall–Kier alpha value is -1.93. The van der Waals surface area contributed by atoms with Gasteiger partial charge in [-0.15, -0.1) is 0 Å². The summed E-state index contributed by atoms with van der Waals surface area (Å²) in [7, 11) is 1.82. The Balaban J connectivity index is 2.04. The van der Waals surface area contributed by atoms with Crippen molar-refractivity contribution in [2.45, 2.75) is 51.2 Å². The first-order valence-electron chi connectivity index (χ1n) is 8.23. The van der Waals surface area contributed by atoms with E-state index in [0.717, 1.165) is 12.8 Å². The molecule has 3 N–H and O–H groups in total. The van der Waals surface area contributed by atoms with E-state index in [0.29, 0.717) is 6.42 Å². The summed E-state index contributed by atoms with van der Waals surface area (Å²) in [4.78, 5) is 36.8. The monoisotopic (exact) mass is 340 g/mol. The van der Waals surface area contributed by atoms with E-state index in [1.54, 1.807) is 12.4 Å². The number of amides is 2. The number of aliphatic carboxylic acids is 2. The molecular formula is C16H26N3O5+. The molecule has 0 aromatic rings. The zero-order valence-corrected chi connectivity index (χ0v) is 14.3. The van der Waals surface area contributed by atoms with Crippen LogP contribution in [0.3, 0.4) is 0 Å². The van der Waals surface area contributed by atoms with E-state index in [9.17, 15) is 24.6 Å². The molecule has 0 aromatic heterocycles. The summed E-state index contributed by atoms with van der Waals surface area (Å²) in [5, 5.41) is 21.4. The van der Waals surface area contributed by atoms with Crippen LogP contribution in [0.25, 0.3) is 0 Å². The maximum Gasteiger partial charge on any atom is 0.428 e. The summed E-state index contributed by atoms with van der Waals surface area (Å²) in [5.74, 6) is -2.15. The first-order chi connectivity index (χ1) is 11.1. The van der Waals surface area contributed by atoms with Gasteiger partial charge in [-0.25, -0.2) is 9.28 Å². The van der Waals surface area contributed by atoms with Gasteiger partial charge in [-0.3, -0.25) is 19.8 Å². The Morgan fingerprint density at radius 2 is 1.88 bits per heavy atom. The Morgan fingerprint density at radius 3 is 2.33 bits per heavy atom. The molecule has 1 fully saturated rings. The number of hydrogen-bond acceptors (Lipinski definition) is 4. The Morgan fingerprint density at radius 1 is 1.29 bits per heavy atom. The molecule has 24 heavy (non-hydrogen) atoms. The third-order valence-corrected chi connectivity index (χ3v) is 4.60. The summed E-state index contributed by atoms with van der Waals surface area (Å²) in [6.07, 6.45) is 5.67. The van der Waals surface area contributed by atoms with Crippen molar-refractivity contribution in [3.63, 3.8) is 0 Å². The molecule has 0 radical (unpaired) electrons. The van der Waals surface area contributed by atoms with Crippen molar-refractivity contribution < 1.29 is 29.1 Å². The van der Waals surface area contributed by atoms with Gasteiger partial charge < -0.3 is 10.2 Å². The lowest BCUT2D eigenvalue weighted by molar-refractivity contribution is -0.786. The molecule has 2 rings (SSSR count). The van der Waals surface area contributed by atoms with E-state index in [1.165, 1.54) is 4.90 Å². The van der Waals surface area contributed by atoms with Gasteiger partial charge >= 0.3 is 18.0 Å². The molecule has 1 aliphatic heterocycles. The first-order valence-corrected chi connectivity index (χ1v) is 8.23. The van der Waals surface area contributed by atoms with Crippen LogP contribution in [-0.2, 0) is 9.59 Å². The molecule has 0 saturated heterocycles. The fraction of sp³-hybridized carbons (Fsp3) is 0.688. The van der Waals surface area contributed by atoms with Crippen LogP contribution >= 0.6 is 0 Å². The van der Waals surface area contributed by atoms with Crippen molar-refractivity contribution in [3.8, 4) is 0 Å². The number of carboxylic acids is 2. The fourth-order valence-electron chi connectivity index (χ4n) is 3.00. The average molecular weight is 340 g/mol. The predicted molar refractivity (Wildman–Crippen MR) is 85.9 cm³/mol. The van der Waals surface area contributed by atoms with E-state index in [-0.39, 0.29) is 29.0 Å². The molecule has 0 aromatic carbocycles. The standard InChI is InChI=1S/C16H25N3O5/c1-10(2)8-12(14(20)21)17-13(15(22)23)9-18-6-7-19(3,16(18)24)11-4-5-11/h6-7,10-13,17H,4-5,8-9H2,1-3H3,(H-,20,21,22,23)/p+1. The zero-order valence-electron chi connectivity index (χ0n) is 14.3. The predicted octanol–water partition coefficient (Wildman–Crippen LogP) is 1.04. The van der Waals surface area contributed by atoms with Crippen molar-refractivity contribution in [3.05, 3.63) is 12.4 Å². The van der Waals surface area contributed by atoms with Crippen molar-refractivity contribution in [1.29, 1.82) is 0 Å². The lowest BCUT2D eigenvalue weighted by Gasteiger charge is -2.27. The molecule has 3 unspecified atom stereocenters. The van der Waals surface area contributed by atoms with Crippen LogP contribution in [0.15, 0.2) is 12.4 Å². The lowest BCUT2D eigenvalue weighted by Crippen LogP contribution is -2.55. The minimum absolute atomic E-state index is 0.0902. The number of nitrogens with zero attached hydrogens (tertiary/aromatic N) is 2. The molecule has 0 spiro atoms. The molecule has 2 aliphatic rings. The van der Waals surface area contributed by atoms with Crippen LogP contribution in [0.5, 0.6) is 0 Å². The van der Waals surface area contributed by atoms with Gasteiger partial charge in [0.25, 0.3) is 0 Å². The Labute approximate surface area is 141 Å². The summed E-state index contributed by atoms with van der Waals surface area (Å²) in [6.45, 7) is 3.66. The van der Waals surface area contributed by atoms with E-state index in [4.69, 9.17) is 0 Å². The number of nitrogens with one attached hydrogen (secondary N) is 1. The third kappa shape index (κ3) is 3.93. The molecule has 1 heterocycles. The molecule has 8 nitrogen and oxygen atoms in total. The highest BCUT2D eigenvalue weighted by Crippen LogP contribution is 2.36. The van der Waals surface area contributed by atoms with Crippen LogP contribution < -0.4 is 5.32 Å². The highest BCUT2D eigenvalue weighted by Gasteiger charge is 2.51. The molecule has 1 aliphatic carbocycles. The second kappa shape index (κ2) is 6.90. The Bertz CT molecular complexity index is 558. The van der Waals surface area contributed by atoms with Gasteiger partial charge in [0.1, 0.15) is 24.3 Å². The van der Waals surface area contributed by atoms with Crippen LogP contribution in [0.2, 0.25) is 0 Å². The van der Waals surface area contributed by atoms with Gasteiger partial charge in [0.2, 0.25) is 0 Å². The number of carboxylic acid groups (broad SMARTS) is 2. The minimum atomic E-state index is -1.17. The van der Waals surface area contributed by atoms with Crippen LogP contribution in [0.1, 0.15) is 33.1 Å².